The van der Waals surface area contributed by atoms with Crippen LogP contribution < -0.4 is 16.4 Å². The molecule has 0 aromatic carbocycles. The van der Waals surface area contributed by atoms with Crippen molar-refractivity contribution in [3.05, 3.63) is 23.9 Å². The number of halogens is 3. The van der Waals surface area contributed by atoms with Gasteiger partial charge in [-0.2, -0.15) is 13.2 Å². The van der Waals surface area contributed by atoms with Crippen LogP contribution in [0.25, 0.3) is 0 Å². The minimum Gasteiger partial charge on any atom is -0.384 e. The van der Waals surface area contributed by atoms with Gasteiger partial charge < -0.3 is 16.4 Å². The highest BCUT2D eigenvalue weighted by atomic mass is 19.4. The maximum atomic E-state index is 13.8. The Hall–Kier alpha value is -2.85. The minimum absolute atomic E-state index is 0.0273. The summed E-state index contributed by atoms with van der Waals surface area (Å²) in [5.41, 5.74) is 6.34. The van der Waals surface area contributed by atoms with Crippen molar-refractivity contribution < 1.29 is 27.6 Å². The molecule has 2 saturated carbocycles. The highest BCUT2D eigenvalue weighted by Gasteiger charge is 2.56. The average molecular weight is 467 g/mol. The fourth-order valence-electron chi connectivity index (χ4n) is 4.80. The summed E-state index contributed by atoms with van der Waals surface area (Å²) >= 11 is 0. The number of β-lactam (4-membered cyclic amide) rings is 1. The lowest BCUT2D eigenvalue weighted by Gasteiger charge is -2.45. The second-order valence-electron chi connectivity index (χ2n) is 9.20. The monoisotopic (exact) mass is 467 g/mol. The van der Waals surface area contributed by atoms with E-state index in [-0.39, 0.29) is 18.3 Å². The van der Waals surface area contributed by atoms with Crippen LogP contribution in [0.1, 0.15) is 50.5 Å². The van der Waals surface area contributed by atoms with Crippen molar-refractivity contribution >= 4 is 23.7 Å². The van der Waals surface area contributed by atoms with Gasteiger partial charge in [0, 0.05) is 12.2 Å². The predicted octanol–water partition coefficient (Wildman–Crippen LogP) is 2.53. The predicted molar refractivity (Wildman–Crippen MR) is 113 cm³/mol. The van der Waals surface area contributed by atoms with Gasteiger partial charge in [0.25, 0.3) is 0 Å². The van der Waals surface area contributed by atoms with Crippen LogP contribution in [0.3, 0.4) is 0 Å². The SMILES string of the molecule is Nc1cc(C[C@@H]2C(=O)N(C(=O)N[C@@H](C3CCCCC3)C(F)(F)F)[C@@H]2C(=O)NC2CC2)ccn1. The quantitative estimate of drug-likeness (QED) is 0.556. The number of rotatable bonds is 6. The number of nitrogens with one attached hydrogen (secondary N) is 2. The second kappa shape index (κ2) is 9.18. The highest BCUT2D eigenvalue weighted by Crippen LogP contribution is 2.36. The number of urea groups is 1. The standard InChI is InChI=1S/C22H28F3N5O3/c23-22(24,25)18(13-4-2-1-3-5-13)29-21(33)30-17(19(31)28-14-6-7-14)15(20(30)32)10-12-8-9-27-16(26)11-12/h8-9,11,13-15,17-18H,1-7,10H2,(H2,26,27)(H,28,31)(H,29,33)/t15-,17-,18-/m0/s1. The number of alkyl halides is 3. The molecule has 8 nitrogen and oxygen atoms in total. The van der Waals surface area contributed by atoms with Crippen LogP contribution in [0.2, 0.25) is 0 Å². The summed E-state index contributed by atoms with van der Waals surface area (Å²) in [4.78, 5) is 43.1. The van der Waals surface area contributed by atoms with Gasteiger partial charge in [-0.15, -0.1) is 0 Å². The van der Waals surface area contributed by atoms with E-state index in [2.05, 4.69) is 10.3 Å². The highest BCUT2D eigenvalue weighted by molar-refractivity contribution is 6.09. The molecule has 3 aliphatic rings. The molecule has 3 atom stereocenters. The van der Waals surface area contributed by atoms with Crippen molar-refractivity contribution in [3.8, 4) is 0 Å². The molecule has 1 aromatic rings. The van der Waals surface area contributed by atoms with Gasteiger partial charge in [0.15, 0.2) is 0 Å². The molecule has 0 radical (unpaired) electrons. The maximum absolute atomic E-state index is 13.8. The van der Waals surface area contributed by atoms with Crippen LogP contribution in [0, 0.1) is 11.8 Å². The van der Waals surface area contributed by atoms with Crippen LogP contribution in [0.5, 0.6) is 0 Å². The normalized spacial score (nSPS) is 24.7. The Morgan fingerprint density at radius 3 is 2.48 bits per heavy atom. The first-order valence-corrected chi connectivity index (χ1v) is 11.4. The summed E-state index contributed by atoms with van der Waals surface area (Å²) in [5, 5.41) is 4.80. The first kappa shape index (κ1) is 23.3. The number of carbonyl (C=O) groups excluding carboxylic acids is 3. The van der Waals surface area contributed by atoms with E-state index in [0.717, 1.165) is 19.3 Å². The lowest BCUT2D eigenvalue weighted by Crippen LogP contribution is -2.71. The zero-order valence-corrected chi connectivity index (χ0v) is 18.1. The molecule has 1 aliphatic heterocycles. The van der Waals surface area contributed by atoms with E-state index in [1.807, 2.05) is 5.32 Å². The van der Waals surface area contributed by atoms with E-state index in [4.69, 9.17) is 5.73 Å². The van der Waals surface area contributed by atoms with E-state index in [1.54, 1.807) is 12.1 Å². The van der Waals surface area contributed by atoms with Gasteiger partial charge >= 0.3 is 12.2 Å². The van der Waals surface area contributed by atoms with Crippen molar-refractivity contribution in [1.82, 2.24) is 20.5 Å². The van der Waals surface area contributed by atoms with Crippen molar-refractivity contribution in [3.63, 3.8) is 0 Å². The van der Waals surface area contributed by atoms with E-state index < -0.39 is 47.9 Å². The molecule has 3 fully saturated rings. The molecule has 1 saturated heterocycles. The molecular weight excluding hydrogens is 439 g/mol. The number of hydrogen-bond acceptors (Lipinski definition) is 5. The molecule has 2 heterocycles. The van der Waals surface area contributed by atoms with E-state index in [1.165, 1.54) is 6.20 Å². The van der Waals surface area contributed by atoms with Gasteiger partial charge in [-0.1, -0.05) is 19.3 Å². The van der Waals surface area contributed by atoms with E-state index in [0.29, 0.717) is 36.1 Å². The Kier molecular flexibility index (Phi) is 6.49. The molecule has 0 bridgehead atoms. The maximum Gasteiger partial charge on any atom is 0.408 e. The number of nitrogen functional groups attached to an aromatic ring is 1. The van der Waals surface area contributed by atoms with Crippen LogP contribution in [-0.2, 0) is 16.0 Å². The summed E-state index contributed by atoms with van der Waals surface area (Å²) < 4.78 is 41.3. The fraction of sp³-hybridized carbons (Fsp3) is 0.636. The smallest absolute Gasteiger partial charge is 0.384 e. The molecule has 4 N–H and O–H groups in total. The Balaban J connectivity index is 1.51. The summed E-state index contributed by atoms with van der Waals surface area (Å²) in [7, 11) is 0. The third-order valence-electron chi connectivity index (χ3n) is 6.68. The lowest BCUT2D eigenvalue weighted by atomic mass is 9.81. The first-order chi connectivity index (χ1) is 15.6. The van der Waals surface area contributed by atoms with Gasteiger partial charge in [-0.05, 0) is 55.7 Å². The molecule has 0 unspecified atom stereocenters. The Morgan fingerprint density at radius 1 is 1.18 bits per heavy atom. The number of nitrogens with two attached hydrogens (primary N) is 1. The summed E-state index contributed by atoms with van der Waals surface area (Å²) in [6.45, 7) is 0. The molecule has 0 spiro atoms. The molecule has 4 amide bonds. The van der Waals surface area contributed by atoms with E-state index in [9.17, 15) is 27.6 Å². The molecule has 180 valence electrons. The Labute approximate surface area is 189 Å². The summed E-state index contributed by atoms with van der Waals surface area (Å²) in [6.07, 6.45) is 1.45. The van der Waals surface area contributed by atoms with E-state index >= 15 is 0 Å². The third-order valence-corrected chi connectivity index (χ3v) is 6.68. The zero-order valence-electron chi connectivity index (χ0n) is 18.1. The molecule has 1 aromatic heterocycles. The van der Waals surface area contributed by atoms with Gasteiger partial charge in [0.2, 0.25) is 11.8 Å². The molecule has 33 heavy (non-hydrogen) atoms. The minimum atomic E-state index is -4.65. The van der Waals surface area contributed by atoms with Crippen molar-refractivity contribution in [2.45, 2.75) is 75.7 Å². The zero-order chi connectivity index (χ0) is 23.8. The van der Waals surface area contributed by atoms with Crippen molar-refractivity contribution in [2.75, 3.05) is 5.73 Å². The van der Waals surface area contributed by atoms with Crippen molar-refractivity contribution in [2.24, 2.45) is 11.8 Å². The van der Waals surface area contributed by atoms with Gasteiger partial charge in [-0.3, -0.25) is 14.5 Å². The molecular formula is C22H28F3N5O3. The number of pyridine rings is 1. The van der Waals surface area contributed by atoms with Gasteiger partial charge in [0.1, 0.15) is 17.9 Å². The Bertz CT molecular complexity index is 915. The van der Waals surface area contributed by atoms with Crippen LogP contribution >= 0.6 is 0 Å². The van der Waals surface area contributed by atoms with Gasteiger partial charge in [-0.25, -0.2) is 9.78 Å². The first-order valence-electron chi connectivity index (χ1n) is 11.4. The van der Waals surface area contributed by atoms with Crippen molar-refractivity contribution in [1.29, 1.82) is 0 Å². The number of likely N-dealkylation sites (tertiary alicyclic amines) is 1. The molecule has 11 heteroatoms. The van der Waals surface area contributed by atoms with Crippen LogP contribution in [0.4, 0.5) is 23.8 Å². The topological polar surface area (TPSA) is 117 Å². The van der Waals surface area contributed by atoms with Gasteiger partial charge in [0.05, 0.1) is 5.92 Å². The Morgan fingerprint density at radius 2 is 1.88 bits per heavy atom. The number of aromatic nitrogens is 1. The number of amides is 4. The number of nitrogens with zero attached hydrogens (tertiary/aromatic N) is 2. The number of carbonyl (C=O) groups is 3. The molecule has 2 aliphatic carbocycles. The largest absolute Gasteiger partial charge is 0.408 e. The van der Waals surface area contributed by atoms with Crippen LogP contribution in [0.15, 0.2) is 18.3 Å². The van der Waals surface area contributed by atoms with Crippen LogP contribution in [-0.4, -0.2) is 52.0 Å². The lowest BCUT2D eigenvalue weighted by molar-refractivity contribution is -0.170. The summed E-state index contributed by atoms with van der Waals surface area (Å²) in [5.74, 6) is -2.57. The summed E-state index contributed by atoms with van der Waals surface area (Å²) in [6, 6.07) is -1.22. The number of anilines is 1. The average Bonchev–Trinajstić information content (AvgIpc) is 3.57. The fourth-order valence-corrected chi connectivity index (χ4v) is 4.80. The number of hydrogen-bond donors (Lipinski definition) is 3. The second-order valence-corrected chi connectivity index (χ2v) is 9.20. The third kappa shape index (κ3) is 5.22. The number of imide groups is 1. The molecule has 4 rings (SSSR count).